The van der Waals surface area contributed by atoms with Gasteiger partial charge in [0.05, 0.1) is 11.2 Å². The molecule has 0 saturated carbocycles. The van der Waals surface area contributed by atoms with Crippen molar-refractivity contribution in [3.05, 3.63) is 90.4 Å². The molecule has 0 spiro atoms. The van der Waals surface area contributed by atoms with Crippen LogP contribution in [0.2, 0.25) is 0 Å². The number of nitrogen functional groups attached to an aromatic ring is 1. The Morgan fingerprint density at radius 2 is 1.68 bits per heavy atom. The Balaban J connectivity index is 1.63. The van der Waals surface area contributed by atoms with Crippen molar-refractivity contribution in [1.82, 2.24) is 15.2 Å². The van der Waals surface area contributed by atoms with Gasteiger partial charge in [-0.3, -0.25) is 10.1 Å². The minimum absolute atomic E-state index is 0.739. The van der Waals surface area contributed by atoms with Gasteiger partial charge in [-0.25, -0.2) is 0 Å². The van der Waals surface area contributed by atoms with Gasteiger partial charge in [0.1, 0.15) is 0 Å². The Kier molecular flexibility index (Phi) is 3.87. The molecule has 0 aliphatic carbocycles. The molecule has 4 heteroatoms. The Bertz CT molecular complexity index is 1320. The molecule has 5 aromatic rings. The molecule has 2 aromatic heterocycles. The van der Waals surface area contributed by atoms with Gasteiger partial charge in [-0.05, 0) is 40.8 Å². The van der Waals surface area contributed by atoms with Crippen molar-refractivity contribution in [2.45, 2.75) is 0 Å². The van der Waals surface area contributed by atoms with E-state index in [-0.39, 0.29) is 0 Å². The molecule has 0 unspecified atom stereocenters. The van der Waals surface area contributed by atoms with Crippen molar-refractivity contribution in [3.8, 4) is 11.1 Å². The Morgan fingerprint density at radius 1 is 0.786 bits per heavy atom. The number of pyridine rings is 1. The average Bonchev–Trinajstić information content (AvgIpc) is 3.15. The largest absolute Gasteiger partial charge is 0.398 e. The van der Waals surface area contributed by atoms with Crippen molar-refractivity contribution < 1.29 is 0 Å². The molecule has 0 aliphatic heterocycles. The summed E-state index contributed by atoms with van der Waals surface area (Å²) in [4.78, 5) is 4.40. The van der Waals surface area contributed by atoms with Gasteiger partial charge >= 0.3 is 0 Å². The second-order valence-electron chi connectivity index (χ2n) is 6.74. The first-order chi connectivity index (χ1) is 13.8. The van der Waals surface area contributed by atoms with Crippen LogP contribution in [-0.2, 0) is 0 Å². The highest BCUT2D eigenvalue weighted by atomic mass is 15.1. The van der Waals surface area contributed by atoms with E-state index in [0.717, 1.165) is 49.7 Å². The smallest absolute Gasteiger partial charge is 0.0927 e. The first kappa shape index (κ1) is 16.3. The lowest BCUT2D eigenvalue weighted by Crippen LogP contribution is -1.90. The summed E-state index contributed by atoms with van der Waals surface area (Å²) in [6.45, 7) is 0. The van der Waals surface area contributed by atoms with Crippen LogP contribution in [0, 0.1) is 0 Å². The predicted molar refractivity (Wildman–Crippen MR) is 117 cm³/mol. The van der Waals surface area contributed by atoms with Crippen molar-refractivity contribution in [1.29, 1.82) is 0 Å². The number of nitrogens with two attached hydrogens (primary N) is 1. The summed E-state index contributed by atoms with van der Waals surface area (Å²) < 4.78 is 0. The molecular formula is C24H18N4. The normalized spacial score (nSPS) is 11.6. The molecule has 5 rings (SSSR count). The lowest BCUT2D eigenvalue weighted by molar-refractivity contribution is 1.11. The van der Waals surface area contributed by atoms with Crippen molar-refractivity contribution >= 4 is 39.5 Å². The van der Waals surface area contributed by atoms with E-state index in [1.807, 2.05) is 48.8 Å². The second kappa shape index (κ2) is 6.67. The molecule has 0 bridgehead atoms. The minimum Gasteiger partial charge on any atom is -0.398 e. The topological polar surface area (TPSA) is 67.6 Å². The number of H-pyrrole nitrogens is 1. The molecule has 0 amide bonds. The number of fused-ring (bicyclic) bond motifs is 2. The lowest BCUT2D eigenvalue weighted by atomic mass is 9.98. The summed E-state index contributed by atoms with van der Waals surface area (Å²) in [6.07, 6.45) is 7.82. The van der Waals surface area contributed by atoms with Gasteiger partial charge in [-0.2, -0.15) is 5.10 Å². The van der Waals surface area contributed by atoms with Crippen molar-refractivity contribution in [3.63, 3.8) is 0 Å². The van der Waals surface area contributed by atoms with E-state index in [2.05, 4.69) is 57.7 Å². The summed E-state index contributed by atoms with van der Waals surface area (Å²) in [5.41, 5.74) is 12.1. The maximum absolute atomic E-state index is 6.13. The van der Waals surface area contributed by atoms with Gasteiger partial charge in [-0.15, -0.1) is 0 Å². The van der Waals surface area contributed by atoms with E-state index in [9.17, 15) is 0 Å². The van der Waals surface area contributed by atoms with Crippen molar-refractivity contribution in [2.75, 3.05) is 5.73 Å². The van der Waals surface area contributed by atoms with Gasteiger partial charge < -0.3 is 5.73 Å². The zero-order chi connectivity index (χ0) is 18.9. The minimum atomic E-state index is 0.739. The molecule has 4 nitrogen and oxygen atoms in total. The van der Waals surface area contributed by atoms with Gasteiger partial charge in [0.25, 0.3) is 0 Å². The third-order valence-electron chi connectivity index (χ3n) is 4.97. The van der Waals surface area contributed by atoms with Gasteiger partial charge in [0.2, 0.25) is 0 Å². The highest BCUT2D eigenvalue weighted by Crippen LogP contribution is 2.32. The quantitative estimate of drug-likeness (QED) is 0.415. The predicted octanol–water partition coefficient (Wildman–Crippen LogP) is 5.53. The van der Waals surface area contributed by atoms with E-state index in [4.69, 9.17) is 5.73 Å². The molecule has 134 valence electrons. The lowest BCUT2D eigenvalue weighted by Gasteiger charge is -2.08. The van der Waals surface area contributed by atoms with E-state index in [1.54, 1.807) is 0 Å². The zero-order valence-electron chi connectivity index (χ0n) is 15.1. The number of nitrogens with zero attached hydrogens (tertiary/aromatic N) is 2. The number of aromatic nitrogens is 3. The Hall–Kier alpha value is -3.92. The molecule has 3 N–H and O–H groups in total. The van der Waals surface area contributed by atoms with E-state index < -0.39 is 0 Å². The van der Waals surface area contributed by atoms with E-state index >= 15 is 0 Å². The summed E-state index contributed by atoms with van der Waals surface area (Å²) >= 11 is 0. The third-order valence-corrected chi connectivity index (χ3v) is 4.97. The Morgan fingerprint density at radius 3 is 2.57 bits per heavy atom. The van der Waals surface area contributed by atoms with E-state index in [1.165, 1.54) is 0 Å². The van der Waals surface area contributed by atoms with E-state index in [0.29, 0.717) is 0 Å². The van der Waals surface area contributed by atoms with Gasteiger partial charge in [0, 0.05) is 34.4 Å². The Labute approximate surface area is 162 Å². The van der Waals surface area contributed by atoms with Crippen LogP contribution in [0.4, 0.5) is 5.69 Å². The molecule has 0 radical (unpaired) electrons. The number of anilines is 1. The number of rotatable bonds is 3. The highest BCUT2D eigenvalue weighted by Gasteiger charge is 2.09. The van der Waals surface area contributed by atoms with Crippen LogP contribution in [0.1, 0.15) is 11.3 Å². The van der Waals surface area contributed by atoms with Crippen LogP contribution < -0.4 is 5.73 Å². The van der Waals surface area contributed by atoms with Crippen molar-refractivity contribution in [2.24, 2.45) is 0 Å². The van der Waals surface area contributed by atoms with Crippen LogP contribution in [0.25, 0.3) is 45.0 Å². The fraction of sp³-hybridized carbons (Fsp3) is 0. The second-order valence-corrected chi connectivity index (χ2v) is 6.74. The fourth-order valence-electron chi connectivity index (χ4n) is 3.52. The first-order valence-electron chi connectivity index (χ1n) is 9.13. The highest BCUT2D eigenvalue weighted by molar-refractivity contribution is 6.03. The molecule has 2 heterocycles. The number of hydrogen-bond acceptors (Lipinski definition) is 3. The first-order valence-corrected chi connectivity index (χ1v) is 9.13. The number of aromatic amines is 1. The number of nitrogens with one attached hydrogen (secondary N) is 1. The standard InChI is InChI=1S/C24H18N4/c25-22-8-4-7-18-20(14-26-15-21(18)22)17-10-12-24-19(13-17)23(27-28-24)11-9-16-5-2-1-3-6-16/h1-15H,25H2,(H,27,28)/b11-9+. The molecular weight excluding hydrogens is 344 g/mol. The maximum Gasteiger partial charge on any atom is 0.0927 e. The third kappa shape index (κ3) is 2.81. The summed E-state index contributed by atoms with van der Waals surface area (Å²) in [7, 11) is 0. The molecule has 28 heavy (non-hydrogen) atoms. The molecule has 3 aromatic carbocycles. The van der Waals surface area contributed by atoms with Crippen LogP contribution >= 0.6 is 0 Å². The number of benzene rings is 3. The monoisotopic (exact) mass is 362 g/mol. The van der Waals surface area contributed by atoms with Gasteiger partial charge in [-0.1, -0.05) is 54.6 Å². The number of hydrogen-bond donors (Lipinski definition) is 2. The van der Waals surface area contributed by atoms with Crippen LogP contribution in [0.3, 0.4) is 0 Å². The average molecular weight is 362 g/mol. The summed E-state index contributed by atoms with van der Waals surface area (Å²) in [5.74, 6) is 0. The SMILES string of the molecule is Nc1cccc2c(-c3ccc4[nH]nc(/C=C/c5ccccc5)c4c3)cncc12. The summed E-state index contributed by atoms with van der Waals surface area (Å²) in [5, 5.41) is 10.7. The van der Waals surface area contributed by atoms with Gasteiger partial charge in [0.15, 0.2) is 0 Å². The molecule has 0 fully saturated rings. The molecule has 0 saturated heterocycles. The summed E-state index contributed by atoms with van der Waals surface area (Å²) in [6, 6.07) is 22.5. The molecule has 0 atom stereocenters. The van der Waals surface area contributed by atoms with Crippen LogP contribution in [0.5, 0.6) is 0 Å². The molecule has 0 aliphatic rings. The maximum atomic E-state index is 6.13. The zero-order valence-corrected chi connectivity index (χ0v) is 15.1. The fourth-order valence-corrected chi connectivity index (χ4v) is 3.52. The van der Waals surface area contributed by atoms with Crippen LogP contribution in [-0.4, -0.2) is 15.2 Å². The van der Waals surface area contributed by atoms with Crippen LogP contribution in [0.15, 0.2) is 79.1 Å².